The highest BCUT2D eigenvalue weighted by molar-refractivity contribution is 7.89. The van der Waals surface area contributed by atoms with Crippen molar-refractivity contribution in [1.82, 2.24) is 24.8 Å². The summed E-state index contributed by atoms with van der Waals surface area (Å²) in [4.78, 5) is 11.5. The van der Waals surface area contributed by atoms with Crippen molar-refractivity contribution in [3.8, 4) is 0 Å². The minimum absolute atomic E-state index is 0.127. The number of carbonyl (C=O) groups excluding carboxylic acids is 1. The third-order valence-corrected chi connectivity index (χ3v) is 5.73. The number of nitrogens with zero attached hydrogens (tertiary/aromatic N) is 2. The Morgan fingerprint density at radius 1 is 1.33 bits per heavy atom. The molecule has 0 unspecified atom stereocenters. The van der Waals surface area contributed by atoms with E-state index in [1.54, 1.807) is 0 Å². The van der Waals surface area contributed by atoms with E-state index in [1.165, 1.54) is 0 Å². The van der Waals surface area contributed by atoms with Crippen molar-refractivity contribution < 1.29 is 22.0 Å². The van der Waals surface area contributed by atoms with Crippen molar-refractivity contribution in [3.05, 3.63) is 40.4 Å². The number of nitrogens with one attached hydrogen (secondary N) is 3. The van der Waals surface area contributed by atoms with Crippen molar-refractivity contribution in [2.45, 2.75) is 36.7 Å². The van der Waals surface area contributed by atoms with Gasteiger partial charge in [0.05, 0.1) is 11.4 Å². The zero-order valence-electron chi connectivity index (χ0n) is 14.0. The number of aromatic amines is 1. The van der Waals surface area contributed by atoms with Gasteiger partial charge in [-0.3, -0.25) is 14.5 Å². The van der Waals surface area contributed by atoms with Gasteiger partial charge in [0.25, 0.3) is 0 Å². The molecule has 0 radical (unpaired) electrons. The third kappa shape index (κ3) is 4.76. The number of rotatable bonds is 8. The average molecular weight is 417 g/mol. The molecular formula is C15H17F2N5O3S2. The van der Waals surface area contributed by atoms with E-state index in [1.807, 2.05) is 4.57 Å². The van der Waals surface area contributed by atoms with Gasteiger partial charge in [-0.25, -0.2) is 21.9 Å². The van der Waals surface area contributed by atoms with E-state index < -0.39 is 26.6 Å². The smallest absolute Gasteiger partial charge is 0.240 e. The predicted octanol–water partition coefficient (Wildman–Crippen LogP) is 1.54. The number of H-pyrrole nitrogens is 1. The van der Waals surface area contributed by atoms with Crippen LogP contribution in [0.25, 0.3) is 0 Å². The Labute approximate surface area is 159 Å². The van der Waals surface area contributed by atoms with Crippen LogP contribution in [0.4, 0.5) is 8.78 Å². The van der Waals surface area contributed by atoms with Crippen molar-refractivity contribution >= 4 is 28.1 Å². The molecule has 2 aromatic rings. The summed E-state index contributed by atoms with van der Waals surface area (Å²) in [7, 11) is -4.04. The fraction of sp³-hybridized carbons (Fsp3) is 0.400. The van der Waals surface area contributed by atoms with Crippen LogP contribution in [0.3, 0.4) is 0 Å². The van der Waals surface area contributed by atoms with Crippen molar-refractivity contribution in [1.29, 1.82) is 0 Å². The van der Waals surface area contributed by atoms with Crippen LogP contribution in [0.1, 0.15) is 31.1 Å². The van der Waals surface area contributed by atoms with Gasteiger partial charge >= 0.3 is 0 Å². The number of hydrogen-bond donors (Lipinski definition) is 3. The lowest BCUT2D eigenvalue weighted by molar-refractivity contribution is -0.121. The number of halogens is 2. The Morgan fingerprint density at radius 2 is 2.07 bits per heavy atom. The lowest BCUT2D eigenvalue weighted by atomic mass is 10.3. The fourth-order valence-corrected chi connectivity index (χ4v) is 3.81. The van der Waals surface area contributed by atoms with Crippen molar-refractivity contribution in [3.63, 3.8) is 0 Å². The summed E-state index contributed by atoms with van der Waals surface area (Å²) in [5, 5.41) is 9.41. The van der Waals surface area contributed by atoms with Gasteiger partial charge < -0.3 is 5.32 Å². The maximum atomic E-state index is 13.2. The van der Waals surface area contributed by atoms with Crippen LogP contribution >= 0.6 is 12.2 Å². The molecular weight excluding hydrogens is 400 g/mol. The second-order valence-corrected chi connectivity index (χ2v) is 8.20. The van der Waals surface area contributed by atoms with Crippen molar-refractivity contribution in [2.24, 2.45) is 0 Å². The maximum absolute atomic E-state index is 13.2. The first kappa shape index (κ1) is 19.6. The molecule has 12 heteroatoms. The average Bonchev–Trinajstić information content (AvgIpc) is 3.38. The zero-order valence-corrected chi connectivity index (χ0v) is 15.7. The van der Waals surface area contributed by atoms with Crippen LogP contribution in [0, 0.1) is 16.4 Å². The largest absolute Gasteiger partial charge is 0.349 e. The summed E-state index contributed by atoms with van der Waals surface area (Å²) in [6.07, 6.45) is 1.90. The monoisotopic (exact) mass is 417 g/mol. The molecule has 1 aromatic heterocycles. The molecule has 146 valence electrons. The molecule has 0 saturated heterocycles. The van der Waals surface area contributed by atoms with Gasteiger partial charge in [-0.05, 0) is 43.3 Å². The minimum atomic E-state index is -4.04. The van der Waals surface area contributed by atoms with E-state index in [0.717, 1.165) is 25.0 Å². The Morgan fingerprint density at radius 3 is 2.74 bits per heavy atom. The molecule has 0 aliphatic heterocycles. The number of sulfonamides is 1. The third-order valence-electron chi connectivity index (χ3n) is 3.98. The van der Waals surface area contributed by atoms with Gasteiger partial charge in [-0.1, -0.05) is 0 Å². The molecule has 0 spiro atoms. The van der Waals surface area contributed by atoms with Crippen LogP contribution in [0.5, 0.6) is 0 Å². The molecule has 1 amide bonds. The second kappa shape index (κ2) is 7.82. The molecule has 1 aliphatic carbocycles. The predicted molar refractivity (Wildman–Crippen MR) is 93.7 cm³/mol. The number of hydrogen-bond acceptors (Lipinski definition) is 5. The Hall–Kier alpha value is -2.18. The normalized spacial score (nSPS) is 14.3. The molecule has 1 saturated carbocycles. The number of aromatic nitrogens is 3. The lowest BCUT2D eigenvalue weighted by Gasteiger charge is -2.08. The fourth-order valence-electron chi connectivity index (χ4n) is 2.46. The zero-order chi connectivity index (χ0) is 19.6. The molecule has 0 atom stereocenters. The van der Waals surface area contributed by atoms with E-state index in [9.17, 15) is 22.0 Å². The minimum Gasteiger partial charge on any atom is -0.349 e. The number of carbonyl (C=O) groups is 1. The molecule has 1 heterocycles. The van der Waals surface area contributed by atoms with Gasteiger partial charge in [0, 0.05) is 19.0 Å². The Kier molecular flexibility index (Phi) is 5.67. The molecule has 1 fully saturated rings. The van der Waals surface area contributed by atoms with E-state index in [-0.39, 0.29) is 25.4 Å². The first-order chi connectivity index (χ1) is 12.8. The Bertz CT molecular complexity index is 1010. The molecule has 27 heavy (non-hydrogen) atoms. The standard InChI is InChI=1S/C15H17F2N5O3S2/c16-11-4-3-10(7-12(11)17)27(24,25)19-6-5-14(23)18-8-13-20-21-15(26)22(13)9-1-2-9/h3-4,7,9,19H,1-2,5-6,8H2,(H,18,23)(H,21,26). The van der Waals surface area contributed by atoms with Crippen LogP contribution in [0.15, 0.2) is 23.1 Å². The first-order valence-corrected chi connectivity index (χ1v) is 10.0. The van der Waals surface area contributed by atoms with Gasteiger partial charge in [-0.2, -0.15) is 5.10 Å². The second-order valence-electron chi connectivity index (χ2n) is 6.05. The number of benzene rings is 1. The van der Waals surface area contributed by atoms with Crippen LogP contribution < -0.4 is 10.0 Å². The van der Waals surface area contributed by atoms with E-state index in [2.05, 4.69) is 20.2 Å². The first-order valence-electron chi connectivity index (χ1n) is 8.15. The molecule has 1 aliphatic rings. The highest BCUT2D eigenvalue weighted by atomic mass is 32.2. The van der Waals surface area contributed by atoms with Crippen LogP contribution in [-0.4, -0.2) is 35.6 Å². The van der Waals surface area contributed by atoms with Gasteiger partial charge in [0.15, 0.2) is 22.2 Å². The molecule has 1 aromatic carbocycles. The van der Waals surface area contributed by atoms with E-state index >= 15 is 0 Å². The quantitative estimate of drug-likeness (QED) is 0.565. The summed E-state index contributed by atoms with van der Waals surface area (Å²) in [6.45, 7) is -0.0267. The Balaban J connectivity index is 1.49. The van der Waals surface area contributed by atoms with Crippen LogP contribution in [0.2, 0.25) is 0 Å². The highest BCUT2D eigenvalue weighted by Gasteiger charge is 2.27. The van der Waals surface area contributed by atoms with E-state index in [0.29, 0.717) is 22.7 Å². The molecule has 3 N–H and O–H groups in total. The topological polar surface area (TPSA) is 109 Å². The van der Waals surface area contributed by atoms with Gasteiger partial charge in [0.2, 0.25) is 15.9 Å². The van der Waals surface area contributed by atoms with Crippen molar-refractivity contribution in [2.75, 3.05) is 6.54 Å². The summed E-state index contributed by atoms with van der Waals surface area (Å²) < 4.78 is 54.6. The summed E-state index contributed by atoms with van der Waals surface area (Å²) in [6, 6.07) is 2.56. The highest BCUT2D eigenvalue weighted by Crippen LogP contribution is 2.35. The van der Waals surface area contributed by atoms with Crippen LogP contribution in [-0.2, 0) is 21.4 Å². The summed E-state index contributed by atoms with van der Waals surface area (Å²) in [5.74, 6) is -2.19. The SMILES string of the molecule is O=C(CCNS(=O)(=O)c1ccc(F)c(F)c1)NCc1n[nH]c(=S)n1C1CC1. The summed E-state index contributed by atoms with van der Waals surface area (Å²) in [5.41, 5.74) is 0. The maximum Gasteiger partial charge on any atom is 0.240 e. The molecule has 3 rings (SSSR count). The molecule has 8 nitrogen and oxygen atoms in total. The number of amides is 1. The van der Waals surface area contributed by atoms with E-state index in [4.69, 9.17) is 12.2 Å². The lowest BCUT2D eigenvalue weighted by Crippen LogP contribution is -2.31. The van der Waals surface area contributed by atoms with Gasteiger partial charge in [-0.15, -0.1) is 0 Å². The summed E-state index contributed by atoms with van der Waals surface area (Å²) >= 11 is 5.15. The van der Waals surface area contributed by atoms with Gasteiger partial charge in [0.1, 0.15) is 0 Å². The molecule has 0 bridgehead atoms.